The van der Waals surface area contributed by atoms with Crippen LogP contribution in [0, 0.1) is 5.82 Å². The standard InChI is InChI=1S/C10H7BrFN3O/c11-6-1-2-7(12)8(3-6)16-10-5-14-4-9(13)15-10/h1-5H,(H2,13,15). The van der Waals surface area contributed by atoms with E-state index in [-0.39, 0.29) is 17.4 Å². The van der Waals surface area contributed by atoms with Gasteiger partial charge in [-0.05, 0) is 18.2 Å². The van der Waals surface area contributed by atoms with Gasteiger partial charge in [0.15, 0.2) is 11.6 Å². The van der Waals surface area contributed by atoms with E-state index in [2.05, 4.69) is 25.9 Å². The predicted octanol–water partition coefficient (Wildman–Crippen LogP) is 2.75. The number of anilines is 1. The maximum absolute atomic E-state index is 13.3. The molecular weight excluding hydrogens is 277 g/mol. The van der Waals surface area contributed by atoms with Gasteiger partial charge in [-0.25, -0.2) is 4.39 Å². The highest BCUT2D eigenvalue weighted by Crippen LogP contribution is 2.26. The Labute approximate surface area is 99.4 Å². The number of hydrogen-bond acceptors (Lipinski definition) is 4. The minimum Gasteiger partial charge on any atom is -0.434 e. The number of nitrogen functional groups attached to an aromatic ring is 1. The van der Waals surface area contributed by atoms with Gasteiger partial charge >= 0.3 is 0 Å². The Bertz CT molecular complexity index is 521. The third kappa shape index (κ3) is 2.46. The SMILES string of the molecule is Nc1cncc(Oc2cc(Br)ccc2F)n1. The molecule has 0 aliphatic carbocycles. The van der Waals surface area contributed by atoms with Gasteiger partial charge in [0.2, 0.25) is 5.88 Å². The van der Waals surface area contributed by atoms with Crippen LogP contribution in [0.5, 0.6) is 11.6 Å². The average Bonchev–Trinajstić information content (AvgIpc) is 2.24. The lowest BCUT2D eigenvalue weighted by Crippen LogP contribution is -1.95. The fourth-order valence-electron chi connectivity index (χ4n) is 1.08. The van der Waals surface area contributed by atoms with Crippen molar-refractivity contribution in [3.63, 3.8) is 0 Å². The molecule has 1 aromatic carbocycles. The van der Waals surface area contributed by atoms with Crippen LogP contribution in [0.2, 0.25) is 0 Å². The number of halogens is 2. The lowest BCUT2D eigenvalue weighted by molar-refractivity contribution is 0.426. The van der Waals surface area contributed by atoms with Crippen molar-refractivity contribution in [3.8, 4) is 11.6 Å². The Morgan fingerprint density at radius 1 is 1.31 bits per heavy atom. The molecule has 0 fully saturated rings. The summed E-state index contributed by atoms with van der Waals surface area (Å²) in [4.78, 5) is 7.64. The van der Waals surface area contributed by atoms with E-state index in [0.717, 1.165) is 0 Å². The summed E-state index contributed by atoms with van der Waals surface area (Å²) in [5, 5.41) is 0. The number of ether oxygens (including phenoxy) is 1. The van der Waals surface area contributed by atoms with Crippen molar-refractivity contribution < 1.29 is 9.13 Å². The summed E-state index contributed by atoms with van der Waals surface area (Å²) in [6.45, 7) is 0. The van der Waals surface area contributed by atoms with E-state index in [1.807, 2.05) is 0 Å². The van der Waals surface area contributed by atoms with Crippen LogP contribution in [0.1, 0.15) is 0 Å². The number of hydrogen-bond donors (Lipinski definition) is 1. The quantitative estimate of drug-likeness (QED) is 0.921. The normalized spacial score (nSPS) is 10.1. The van der Waals surface area contributed by atoms with Crippen molar-refractivity contribution >= 4 is 21.7 Å². The maximum atomic E-state index is 13.3. The second kappa shape index (κ2) is 4.44. The fraction of sp³-hybridized carbons (Fsp3) is 0. The zero-order valence-electron chi connectivity index (χ0n) is 8.02. The molecule has 1 heterocycles. The van der Waals surface area contributed by atoms with Gasteiger partial charge in [-0.3, -0.25) is 4.98 Å². The van der Waals surface area contributed by atoms with Crippen LogP contribution in [0.3, 0.4) is 0 Å². The summed E-state index contributed by atoms with van der Waals surface area (Å²) in [5.41, 5.74) is 5.42. The first-order chi connectivity index (χ1) is 7.65. The van der Waals surface area contributed by atoms with Gasteiger partial charge in [-0.1, -0.05) is 15.9 Å². The molecule has 0 amide bonds. The Balaban J connectivity index is 2.30. The van der Waals surface area contributed by atoms with Gasteiger partial charge in [0, 0.05) is 4.47 Å². The lowest BCUT2D eigenvalue weighted by atomic mass is 10.3. The third-order valence-corrected chi connectivity index (χ3v) is 2.23. The summed E-state index contributed by atoms with van der Waals surface area (Å²) in [5.74, 6) is -0.0494. The average molecular weight is 284 g/mol. The molecule has 16 heavy (non-hydrogen) atoms. The first kappa shape index (κ1) is 10.8. The first-order valence-corrected chi connectivity index (χ1v) is 5.15. The molecule has 0 aliphatic rings. The Morgan fingerprint density at radius 3 is 2.88 bits per heavy atom. The Hall–Kier alpha value is -1.69. The summed E-state index contributed by atoms with van der Waals surface area (Å²) in [6.07, 6.45) is 2.74. The number of rotatable bonds is 2. The van der Waals surface area contributed by atoms with Gasteiger partial charge < -0.3 is 10.5 Å². The number of nitrogens with zero attached hydrogens (tertiary/aromatic N) is 2. The van der Waals surface area contributed by atoms with Gasteiger partial charge in [-0.2, -0.15) is 4.98 Å². The molecule has 4 nitrogen and oxygen atoms in total. The highest BCUT2D eigenvalue weighted by molar-refractivity contribution is 9.10. The van der Waals surface area contributed by atoms with E-state index >= 15 is 0 Å². The highest BCUT2D eigenvalue weighted by atomic mass is 79.9. The largest absolute Gasteiger partial charge is 0.434 e. The summed E-state index contributed by atoms with van der Waals surface area (Å²) in [6, 6.07) is 4.37. The lowest BCUT2D eigenvalue weighted by Gasteiger charge is -2.05. The molecule has 82 valence electrons. The van der Waals surface area contributed by atoms with Crippen LogP contribution >= 0.6 is 15.9 Å². The minimum atomic E-state index is -0.479. The van der Waals surface area contributed by atoms with Gasteiger partial charge in [-0.15, -0.1) is 0 Å². The van der Waals surface area contributed by atoms with Crippen molar-refractivity contribution in [1.29, 1.82) is 0 Å². The van der Waals surface area contributed by atoms with Crippen LogP contribution < -0.4 is 10.5 Å². The predicted molar refractivity (Wildman–Crippen MR) is 60.6 cm³/mol. The van der Waals surface area contributed by atoms with Gasteiger partial charge in [0.25, 0.3) is 0 Å². The van der Waals surface area contributed by atoms with Crippen LogP contribution in [-0.2, 0) is 0 Å². The topological polar surface area (TPSA) is 61.0 Å². The number of nitrogens with two attached hydrogens (primary N) is 1. The van der Waals surface area contributed by atoms with E-state index in [9.17, 15) is 4.39 Å². The van der Waals surface area contributed by atoms with E-state index in [0.29, 0.717) is 4.47 Å². The van der Waals surface area contributed by atoms with E-state index in [1.165, 1.54) is 24.5 Å². The number of aromatic nitrogens is 2. The Morgan fingerprint density at radius 2 is 2.12 bits per heavy atom. The summed E-state index contributed by atoms with van der Waals surface area (Å²) < 4.78 is 19.3. The minimum absolute atomic E-state index is 0.0641. The molecule has 2 rings (SSSR count). The highest BCUT2D eigenvalue weighted by Gasteiger charge is 2.06. The van der Waals surface area contributed by atoms with E-state index in [4.69, 9.17) is 10.5 Å². The van der Waals surface area contributed by atoms with Crippen LogP contribution in [0.15, 0.2) is 35.1 Å². The van der Waals surface area contributed by atoms with Gasteiger partial charge in [0.1, 0.15) is 5.82 Å². The van der Waals surface area contributed by atoms with Crippen molar-refractivity contribution in [2.24, 2.45) is 0 Å². The fourth-order valence-corrected chi connectivity index (χ4v) is 1.42. The molecule has 0 radical (unpaired) electrons. The molecule has 0 aliphatic heterocycles. The molecular formula is C10H7BrFN3O. The van der Waals surface area contributed by atoms with Crippen molar-refractivity contribution in [2.45, 2.75) is 0 Å². The third-order valence-electron chi connectivity index (χ3n) is 1.74. The monoisotopic (exact) mass is 283 g/mol. The van der Waals surface area contributed by atoms with E-state index < -0.39 is 5.82 Å². The Kier molecular flexibility index (Phi) is 3.00. The molecule has 0 saturated heterocycles. The van der Waals surface area contributed by atoms with Crippen LogP contribution in [-0.4, -0.2) is 9.97 Å². The summed E-state index contributed by atoms with van der Waals surface area (Å²) in [7, 11) is 0. The second-order valence-corrected chi connectivity index (χ2v) is 3.87. The second-order valence-electron chi connectivity index (χ2n) is 2.96. The zero-order chi connectivity index (χ0) is 11.5. The molecule has 0 unspecified atom stereocenters. The molecule has 2 N–H and O–H groups in total. The molecule has 6 heteroatoms. The first-order valence-electron chi connectivity index (χ1n) is 4.35. The van der Waals surface area contributed by atoms with E-state index in [1.54, 1.807) is 6.07 Å². The smallest absolute Gasteiger partial charge is 0.239 e. The molecule has 2 aromatic rings. The maximum Gasteiger partial charge on any atom is 0.239 e. The zero-order valence-corrected chi connectivity index (χ0v) is 9.61. The van der Waals surface area contributed by atoms with Crippen molar-refractivity contribution in [2.75, 3.05) is 5.73 Å². The number of benzene rings is 1. The molecule has 0 atom stereocenters. The van der Waals surface area contributed by atoms with Crippen LogP contribution in [0.25, 0.3) is 0 Å². The van der Waals surface area contributed by atoms with Crippen LogP contribution in [0.4, 0.5) is 10.2 Å². The molecule has 1 aromatic heterocycles. The van der Waals surface area contributed by atoms with Crippen molar-refractivity contribution in [3.05, 3.63) is 40.9 Å². The summed E-state index contributed by atoms with van der Waals surface area (Å²) >= 11 is 3.22. The molecule has 0 bridgehead atoms. The van der Waals surface area contributed by atoms with Gasteiger partial charge in [0.05, 0.1) is 12.4 Å². The molecule has 0 spiro atoms. The molecule has 0 saturated carbocycles. The van der Waals surface area contributed by atoms with Crippen molar-refractivity contribution in [1.82, 2.24) is 9.97 Å².